The number of amides is 2. The number of aromatic nitrogens is 1. The molecule has 3 rings (SSSR count). The molecule has 0 bridgehead atoms. The standard InChI is InChI=1S/C17H14BrFN4O2S/c1-7-5-8(2)21-17-12(7)13(20)14(26-17)16(25)23-22-15(24)10-4-3-9(18)6-11(10)19/h3-6H,20H2,1-2H3,(H,22,24)(H,23,25). The molecule has 0 atom stereocenters. The van der Waals surface area contributed by atoms with Gasteiger partial charge in [0.25, 0.3) is 11.8 Å². The Morgan fingerprint density at radius 2 is 1.88 bits per heavy atom. The van der Waals surface area contributed by atoms with E-state index in [0.29, 0.717) is 15.0 Å². The van der Waals surface area contributed by atoms with Crippen molar-refractivity contribution in [2.45, 2.75) is 13.8 Å². The molecule has 4 N–H and O–H groups in total. The van der Waals surface area contributed by atoms with Gasteiger partial charge in [-0.25, -0.2) is 9.37 Å². The first-order chi connectivity index (χ1) is 12.3. The third kappa shape index (κ3) is 3.40. The highest BCUT2D eigenvalue weighted by Gasteiger charge is 2.20. The number of hydrogen-bond acceptors (Lipinski definition) is 5. The van der Waals surface area contributed by atoms with Gasteiger partial charge in [0.05, 0.1) is 11.3 Å². The van der Waals surface area contributed by atoms with Crippen LogP contribution in [-0.2, 0) is 0 Å². The van der Waals surface area contributed by atoms with Crippen molar-refractivity contribution < 1.29 is 14.0 Å². The zero-order valence-corrected chi connectivity index (χ0v) is 16.2. The number of hydrogen-bond donors (Lipinski definition) is 3. The minimum absolute atomic E-state index is 0.189. The van der Waals surface area contributed by atoms with Crippen LogP contribution in [0, 0.1) is 19.7 Å². The summed E-state index contributed by atoms with van der Waals surface area (Å²) in [6.45, 7) is 3.74. The lowest BCUT2D eigenvalue weighted by Crippen LogP contribution is -2.41. The number of nitrogens with zero attached hydrogens (tertiary/aromatic N) is 1. The second kappa shape index (κ2) is 7.00. The number of hydrazine groups is 1. The van der Waals surface area contributed by atoms with Gasteiger partial charge >= 0.3 is 0 Å². The number of anilines is 1. The number of aryl methyl sites for hydroxylation is 2. The summed E-state index contributed by atoms with van der Waals surface area (Å²) in [6.07, 6.45) is 0. The fourth-order valence-corrected chi connectivity index (χ4v) is 3.99. The van der Waals surface area contributed by atoms with E-state index in [0.717, 1.165) is 34.0 Å². The lowest BCUT2D eigenvalue weighted by atomic mass is 10.1. The highest BCUT2D eigenvalue weighted by atomic mass is 79.9. The molecule has 134 valence electrons. The summed E-state index contributed by atoms with van der Waals surface area (Å²) in [7, 11) is 0. The van der Waals surface area contributed by atoms with Crippen molar-refractivity contribution in [2.75, 3.05) is 5.73 Å². The van der Waals surface area contributed by atoms with Gasteiger partial charge in [0, 0.05) is 15.6 Å². The molecule has 0 aliphatic carbocycles. The van der Waals surface area contributed by atoms with Gasteiger partial charge in [0.1, 0.15) is 15.5 Å². The Balaban J connectivity index is 1.80. The van der Waals surface area contributed by atoms with E-state index in [4.69, 9.17) is 5.73 Å². The molecule has 2 amide bonds. The zero-order chi connectivity index (χ0) is 19.0. The molecule has 3 aromatic rings. The van der Waals surface area contributed by atoms with Crippen LogP contribution in [0.25, 0.3) is 10.2 Å². The van der Waals surface area contributed by atoms with Crippen molar-refractivity contribution in [1.82, 2.24) is 15.8 Å². The summed E-state index contributed by atoms with van der Waals surface area (Å²) in [4.78, 5) is 29.7. The van der Waals surface area contributed by atoms with Crippen molar-refractivity contribution in [3.05, 3.63) is 56.3 Å². The zero-order valence-electron chi connectivity index (χ0n) is 13.8. The van der Waals surface area contributed by atoms with Crippen LogP contribution in [0.4, 0.5) is 10.1 Å². The molecular weight excluding hydrogens is 423 g/mol. The van der Waals surface area contributed by atoms with E-state index in [9.17, 15) is 14.0 Å². The SMILES string of the molecule is Cc1cc(C)c2c(N)c(C(=O)NNC(=O)c3ccc(Br)cc3F)sc2n1. The number of carbonyl (C=O) groups excluding carboxylic acids is 2. The van der Waals surface area contributed by atoms with Gasteiger partial charge in [-0.2, -0.15) is 0 Å². The Labute approximate surface area is 160 Å². The van der Waals surface area contributed by atoms with E-state index in [2.05, 4.69) is 31.8 Å². The summed E-state index contributed by atoms with van der Waals surface area (Å²) in [5, 5.41) is 0.719. The predicted molar refractivity (Wildman–Crippen MR) is 103 cm³/mol. The average Bonchev–Trinajstić information content (AvgIpc) is 2.89. The number of rotatable bonds is 2. The Hall–Kier alpha value is -2.52. The van der Waals surface area contributed by atoms with Gasteiger partial charge in [-0.3, -0.25) is 20.4 Å². The second-order valence-electron chi connectivity index (χ2n) is 5.64. The lowest BCUT2D eigenvalue weighted by Gasteiger charge is -2.08. The fraction of sp³-hybridized carbons (Fsp3) is 0.118. The summed E-state index contributed by atoms with van der Waals surface area (Å²) >= 11 is 4.25. The van der Waals surface area contributed by atoms with Gasteiger partial charge in [-0.05, 0) is 43.7 Å². The number of nitrogens with two attached hydrogens (primary N) is 1. The number of nitrogen functional groups attached to an aromatic ring is 1. The number of nitrogens with one attached hydrogen (secondary N) is 2. The maximum absolute atomic E-state index is 13.8. The first-order valence-corrected chi connectivity index (χ1v) is 9.11. The maximum Gasteiger partial charge on any atom is 0.281 e. The van der Waals surface area contributed by atoms with Crippen LogP contribution in [-0.4, -0.2) is 16.8 Å². The topological polar surface area (TPSA) is 97.1 Å². The van der Waals surface area contributed by atoms with E-state index in [1.807, 2.05) is 19.9 Å². The third-order valence-corrected chi connectivity index (χ3v) is 5.29. The van der Waals surface area contributed by atoms with Gasteiger partial charge in [0.15, 0.2) is 0 Å². The van der Waals surface area contributed by atoms with Crippen molar-refractivity contribution >= 4 is 55.0 Å². The Morgan fingerprint density at radius 1 is 1.19 bits per heavy atom. The molecule has 0 saturated carbocycles. The minimum Gasteiger partial charge on any atom is -0.397 e. The molecule has 0 aliphatic heterocycles. The van der Waals surface area contributed by atoms with Crippen LogP contribution in [0.15, 0.2) is 28.7 Å². The molecule has 0 saturated heterocycles. The van der Waals surface area contributed by atoms with E-state index in [1.54, 1.807) is 0 Å². The summed E-state index contributed by atoms with van der Waals surface area (Å²) in [5.74, 6) is -2.07. The Kier molecular flexibility index (Phi) is 4.92. The molecule has 2 aromatic heterocycles. The lowest BCUT2D eigenvalue weighted by molar-refractivity contribution is 0.0847. The van der Waals surface area contributed by atoms with Gasteiger partial charge in [-0.15, -0.1) is 11.3 Å². The number of fused-ring (bicyclic) bond motifs is 1. The molecule has 9 heteroatoms. The molecule has 26 heavy (non-hydrogen) atoms. The molecular formula is C17H14BrFN4O2S. The van der Waals surface area contributed by atoms with Gasteiger partial charge in [-0.1, -0.05) is 15.9 Å². The molecule has 0 fully saturated rings. The van der Waals surface area contributed by atoms with Crippen LogP contribution in [0.3, 0.4) is 0 Å². The van der Waals surface area contributed by atoms with Gasteiger partial charge < -0.3 is 5.73 Å². The van der Waals surface area contributed by atoms with Crippen LogP contribution < -0.4 is 16.6 Å². The van der Waals surface area contributed by atoms with E-state index in [1.165, 1.54) is 12.1 Å². The Bertz CT molecular complexity index is 1050. The van der Waals surface area contributed by atoms with Crippen molar-refractivity contribution in [1.29, 1.82) is 0 Å². The van der Waals surface area contributed by atoms with Gasteiger partial charge in [0.2, 0.25) is 0 Å². The summed E-state index contributed by atoms with van der Waals surface area (Å²) in [5.41, 5.74) is 12.4. The van der Waals surface area contributed by atoms with Crippen LogP contribution in [0.1, 0.15) is 31.3 Å². The van der Waals surface area contributed by atoms with Crippen LogP contribution >= 0.6 is 27.3 Å². The van der Waals surface area contributed by atoms with E-state index in [-0.39, 0.29) is 10.4 Å². The molecule has 2 heterocycles. The monoisotopic (exact) mass is 436 g/mol. The minimum atomic E-state index is -0.770. The number of carbonyl (C=O) groups is 2. The highest BCUT2D eigenvalue weighted by Crippen LogP contribution is 2.34. The van der Waals surface area contributed by atoms with Crippen LogP contribution in [0.2, 0.25) is 0 Å². The quantitative estimate of drug-likeness (QED) is 0.535. The normalized spacial score (nSPS) is 10.8. The average molecular weight is 437 g/mol. The van der Waals surface area contributed by atoms with Crippen molar-refractivity contribution in [3.63, 3.8) is 0 Å². The molecule has 1 aromatic carbocycles. The van der Waals surface area contributed by atoms with Crippen molar-refractivity contribution in [3.8, 4) is 0 Å². The molecule has 0 spiro atoms. The molecule has 0 radical (unpaired) electrons. The largest absolute Gasteiger partial charge is 0.397 e. The highest BCUT2D eigenvalue weighted by molar-refractivity contribution is 9.10. The molecule has 0 unspecified atom stereocenters. The second-order valence-corrected chi connectivity index (χ2v) is 7.55. The number of thiophene rings is 1. The third-order valence-electron chi connectivity index (χ3n) is 3.70. The maximum atomic E-state index is 13.8. The fourth-order valence-electron chi connectivity index (χ4n) is 2.55. The number of benzene rings is 1. The van der Waals surface area contributed by atoms with E-state index >= 15 is 0 Å². The first-order valence-electron chi connectivity index (χ1n) is 7.50. The molecule has 6 nitrogen and oxygen atoms in total. The predicted octanol–water partition coefficient (Wildman–Crippen LogP) is 3.47. The number of pyridine rings is 1. The summed E-state index contributed by atoms with van der Waals surface area (Å²) in [6, 6.07) is 5.88. The van der Waals surface area contributed by atoms with Crippen molar-refractivity contribution in [2.24, 2.45) is 0 Å². The Morgan fingerprint density at radius 3 is 2.58 bits per heavy atom. The molecule has 0 aliphatic rings. The first kappa shape index (κ1) is 18.3. The van der Waals surface area contributed by atoms with E-state index < -0.39 is 17.6 Å². The smallest absolute Gasteiger partial charge is 0.281 e. The van der Waals surface area contributed by atoms with Crippen LogP contribution in [0.5, 0.6) is 0 Å². The number of halogens is 2. The summed E-state index contributed by atoms with van der Waals surface area (Å²) < 4.78 is 14.3.